The van der Waals surface area contributed by atoms with Gasteiger partial charge >= 0.3 is 0 Å². The lowest BCUT2D eigenvalue weighted by molar-refractivity contribution is -0.171. The Hall–Kier alpha value is -0.120. The molecule has 0 aromatic rings. The highest BCUT2D eigenvalue weighted by atomic mass is 16.5. The van der Waals surface area contributed by atoms with E-state index >= 15 is 0 Å². The third-order valence-corrected chi connectivity index (χ3v) is 4.17. The molecule has 0 bridgehead atoms. The van der Waals surface area contributed by atoms with Crippen LogP contribution < -0.4 is 5.32 Å². The summed E-state index contributed by atoms with van der Waals surface area (Å²) in [6.45, 7) is 11.7. The summed E-state index contributed by atoms with van der Waals surface area (Å²) in [5.41, 5.74) is 0.0908. The SMILES string of the molecule is CC(C)C1NC2(CCCOCC2)OCC1(C)C. The van der Waals surface area contributed by atoms with Crippen molar-refractivity contribution in [3.8, 4) is 0 Å². The summed E-state index contributed by atoms with van der Waals surface area (Å²) in [6, 6.07) is 0.523. The van der Waals surface area contributed by atoms with Crippen LogP contribution in [0.3, 0.4) is 0 Å². The van der Waals surface area contributed by atoms with Crippen LogP contribution in [-0.4, -0.2) is 31.6 Å². The normalized spacial score (nSPS) is 38.3. The minimum absolute atomic E-state index is 0.124. The quantitative estimate of drug-likeness (QED) is 0.765. The Morgan fingerprint density at radius 3 is 2.65 bits per heavy atom. The summed E-state index contributed by atoms with van der Waals surface area (Å²) in [4.78, 5) is 0. The Morgan fingerprint density at radius 2 is 1.94 bits per heavy atom. The van der Waals surface area contributed by atoms with Gasteiger partial charge in [-0.3, -0.25) is 5.32 Å². The summed E-state index contributed by atoms with van der Waals surface area (Å²) < 4.78 is 11.7. The molecule has 1 spiro atoms. The molecule has 100 valence electrons. The van der Waals surface area contributed by atoms with E-state index in [1.54, 1.807) is 0 Å². The van der Waals surface area contributed by atoms with Gasteiger partial charge in [0.2, 0.25) is 0 Å². The van der Waals surface area contributed by atoms with Crippen LogP contribution in [0.1, 0.15) is 47.0 Å². The highest BCUT2D eigenvalue weighted by molar-refractivity contribution is 4.97. The van der Waals surface area contributed by atoms with Gasteiger partial charge in [-0.15, -0.1) is 0 Å². The van der Waals surface area contributed by atoms with E-state index in [4.69, 9.17) is 9.47 Å². The molecule has 2 atom stereocenters. The van der Waals surface area contributed by atoms with Crippen LogP contribution in [-0.2, 0) is 9.47 Å². The molecule has 3 heteroatoms. The first-order valence-corrected chi connectivity index (χ1v) is 6.95. The largest absolute Gasteiger partial charge is 0.381 e. The third-order valence-electron chi connectivity index (χ3n) is 4.17. The lowest BCUT2D eigenvalue weighted by Gasteiger charge is -2.51. The summed E-state index contributed by atoms with van der Waals surface area (Å²) in [5, 5.41) is 3.80. The first-order valence-electron chi connectivity index (χ1n) is 6.95. The minimum Gasteiger partial charge on any atom is -0.381 e. The molecule has 0 saturated carbocycles. The first kappa shape index (κ1) is 13.3. The summed E-state index contributed by atoms with van der Waals surface area (Å²) in [6.07, 6.45) is 3.15. The Labute approximate surface area is 105 Å². The first-order chi connectivity index (χ1) is 7.95. The monoisotopic (exact) mass is 241 g/mol. The van der Waals surface area contributed by atoms with Crippen LogP contribution in [0, 0.1) is 11.3 Å². The Kier molecular flexibility index (Phi) is 3.81. The van der Waals surface area contributed by atoms with E-state index < -0.39 is 0 Å². The molecule has 0 radical (unpaired) electrons. The summed E-state index contributed by atoms with van der Waals surface area (Å²) >= 11 is 0. The predicted octanol–water partition coefficient (Wildman–Crippen LogP) is 2.55. The average Bonchev–Trinajstić information content (AvgIpc) is 2.48. The van der Waals surface area contributed by atoms with Gasteiger partial charge in [0.05, 0.1) is 13.2 Å². The van der Waals surface area contributed by atoms with Crippen LogP contribution in [0.4, 0.5) is 0 Å². The van der Waals surface area contributed by atoms with Gasteiger partial charge in [0.15, 0.2) is 0 Å². The smallest absolute Gasteiger partial charge is 0.121 e. The van der Waals surface area contributed by atoms with Crippen LogP contribution in [0.5, 0.6) is 0 Å². The zero-order valence-corrected chi connectivity index (χ0v) is 11.7. The molecule has 17 heavy (non-hydrogen) atoms. The van der Waals surface area contributed by atoms with Crippen LogP contribution >= 0.6 is 0 Å². The molecule has 2 rings (SSSR count). The molecule has 2 aliphatic heterocycles. The fourth-order valence-electron chi connectivity index (χ4n) is 3.22. The topological polar surface area (TPSA) is 30.5 Å². The van der Waals surface area contributed by atoms with Gasteiger partial charge in [0.1, 0.15) is 5.72 Å². The van der Waals surface area contributed by atoms with E-state index in [1.165, 1.54) is 0 Å². The lowest BCUT2D eigenvalue weighted by atomic mass is 9.76. The lowest BCUT2D eigenvalue weighted by Crippen LogP contribution is -2.64. The van der Waals surface area contributed by atoms with Gasteiger partial charge < -0.3 is 9.47 Å². The number of hydrogen-bond acceptors (Lipinski definition) is 3. The van der Waals surface area contributed by atoms with E-state index in [0.29, 0.717) is 12.0 Å². The van der Waals surface area contributed by atoms with E-state index in [0.717, 1.165) is 39.1 Å². The second kappa shape index (κ2) is 4.87. The summed E-state index contributed by atoms with van der Waals surface area (Å²) in [7, 11) is 0. The van der Waals surface area contributed by atoms with Gasteiger partial charge in [-0.25, -0.2) is 0 Å². The zero-order valence-electron chi connectivity index (χ0n) is 11.7. The minimum atomic E-state index is -0.124. The van der Waals surface area contributed by atoms with Gasteiger partial charge in [0.25, 0.3) is 0 Å². The maximum absolute atomic E-state index is 6.19. The second-order valence-corrected chi connectivity index (χ2v) is 6.60. The highest BCUT2D eigenvalue weighted by Gasteiger charge is 2.45. The van der Waals surface area contributed by atoms with E-state index in [9.17, 15) is 0 Å². The van der Waals surface area contributed by atoms with Crippen LogP contribution in [0.25, 0.3) is 0 Å². The Morgan fingerprint density at radius 1 is 1.18 bits per heavy atom. The fourth-order valence-corrected chi connectivity index (χ4v) is 3.22. The standard InChI is InChI=1S/C14H27NO2/c1-11(2)12-13(3,4)10-17-14(15-12)6-5-8-16-9-7-14/h11-12,15H,5-10H2,1-4H3. The van der Waals surface area contributed by atoms with Crippen molar-refractivity contribution in [3.05, 3.63) is 0 Å². The van der Waals surface area contributed by atoms with Crippen molar-refractivity contribution < 1.29 is 9.47 Å². The van der Waals surface area contributed by atoms with Crippen molar-refractivity contribution in [2.24, 2.45) is 11.3 Å². The van der Waals surface area contributed by atoms with Crippen LogP contribution in [0.15, 0.2) is 0 Å². The molecule has 0 aromatic carbocycles. The van der Waals surface area contributed by atoms with Crippen molar-refractivity contribution in [1.82, 2.24) is 5.32 Å². The van der Waals surface area contributed by atoms with Crippen molar-refractivity contribution in [1.29, 1.82) is 0 Å². The molecule has 1 N–H and O–H groups in total. The Bertz CT molecular complexity index is 255. The van der Waals surface area contributed by atoms with Gasteiger partial charge in [-0.1, -0.05) is 27.7 Å². The zero-order chi connectivity index (χ0) is 12.5. The number of nitrogens with one attached hydrogen (secondary N) is 1. The molecule has 2 aliphatic rings. The molecule has 0 aliphatic carbocycles. The molecule has 2 heterocycles. The average molecular weight is 241 g/mol. The Balaban J connectivity index is 2.11. The predicted molar refractivity (Wildman–Crippen MR) is 68.9 cm³/mol. The molecular formula is C14H27NO2. The second-order valence-electron chi connectivity index (χ2n) is 6.60. The molecule has 2 fully saturated rings. The number of rotatable bonds is 1. The van der Waals surface area contributed by atoms with Gasteiger partial charge in [0, 0.05) is 24.5 Å². The van der Waals surface area contributed by atoms with Crippen LogP contribution in [0.2, 0.25) is 0 Å². The van der Waals surface area contributed by atoms with E-state index in [2.05, 4.69) is 33.0 Å². The number of ether oxygens (including phenoxy) is 2. The van der Waals surface area contributed by atoms with Crippen molar-refractivity contribution in [2.75, 3.05) is 19.8 Å². The highest BCUT2D eigenvalue weighted by Crippen LogP contribution is 2.37. The molecule has 2 unspecified atom stereocenters. The third kappa shape index (κ3) is 2.83. The molecular weight excluding hydrogens is 214 g/mol. The summed E-state index contributed by atoms with van der Waals surface area (Å²) in [5.74, 6) is 0.634. The van der Waals surface area contributed by atoms with Gasteiger partial charge in [-0.05, 0) is 18.8 Å². The maximum atomic E-state index is 6.19. The maximum Gasteiger partial charge on any atom is 0.121 e. The van der Waals surface area contributed by atoms with Crippen molar-refractivity contribution >= 4 is 0 Å². The molecule has 2 saturated heterocycles. The molecule has 0 aromatic heterocycles. The van der Waals surface area contributed by atoms with Crippen molar-refractivity contribution in [2.45, 2.75) is 58.7 Å². The van der Waals surface area contributed by atoms with E-state index in [-0.39, 0.29) is 11.1 Å². The van der Waals surface area contributed by atoms with Gasteiger partial charge in [-0.2, -0.15) is 0 Å². The molecule has 3 nitrogen and oxygen atoms in total. The van der Waals surface area contributed by atoms with Crippen molar-refractivity contribution in [3.63, 3.8) is 0 Å². The number of hydrogen-bond donors (Lipinski definition) is 1. The fraction of sp³-hybridized carbons (Fsp3) is 1.00. The van der Waals surface area contributed by atoms with E-state index in [1.807, 2.05) is 0 Å². The molecule has 0 amide bonds.